The fourth-order valence-corrected chi connectivity index (χ4v) is 0.739. The van der Waals surface area contributed by atoms with E-state index in [2.05, 4.69) is 0 Å². The van der Waals surface area contributed by atoms with Crippen LogP contribution in [0.2, 0.25) is 0 Å². The Bertz CT molecular complexity index is 537. The highest BCUT2D eigenvalue weighted by molar-refractivity contribution is 7.86. The summed E-state index contributed by atoms with van der Waals surface area (Å²) in [6.07, 6.45) is -0.640. The molecule has 0 aliphatic rings. The van der Waals surface area contributed by atoms with E-state index in [1.807, 2.05) is 0 Å². The van der Waals surface area contributed by atoms with Gasteiger partial charge in [0.15, 0.2) is 10.1 Å². The number of aromatic nitrogens is 2. The Kier molecular flexibility index (Phi) is 5.54. The van der Waals surface area contributed by atoms with Gasteiger partial charge in [-0.15, -0.1) is 0 Å². The van der Waals surface area contributed by atoms with Crippen LogP contribution in [0.4, 0.5) is 30.7 Å². The van der Waals surface area contributed by atoms with Gasteiger partial charge in [0.25, 0.3) is 0 Å². The maximum Gasteiger partial charge on any atom is 0.485 e. The van der Waals surface area contributed by atoms with Gasteiger partial charge in [-0.1, -0.05) is 0 Å². The highest BCUT2D eigenvalue weighted by Crippen LogP contribution is 2.27. The van der Waals surface area contributed by atoms with Crippen LogP contribution in [0.5, 0.6) is 0 Å². The summed E-state index contributed by atoms with van der Waals surface area (Å²) in [7, 11) is -4.62. The summed E-state index contributed by atoms with van der Waals surface area (Å²) >= 11 is 0. The van der Waals surface area contributed by atoms with E-state index in [0.717, 1.165) is 12.5 Å². The van der Waals surface area contributed by atoms with Gasteiger partial charge in [0, 0.05) is 0 Å². The Balaban J connectivity index is 0.000000396. The number of halogens is 7. The molecule has 0 aromatic carbocycles. The molecule has 0 saturated heterocycles. The van der Waals surface area contributed by atoms with Gasteiger partial charge in [-0.25, -0.2) is 13.0 Å². The maximum absolute atomic E-state index is 12.5. The van der Waals surface area contributed by atoms with Gasteiger partial charge in [-0.3, -0.25) is 0 Å². The quantitative estimate of drug-likeness (QED) is 0.354. The summed E-state index contributed by atoms with van der Waals surface area (Å²) in [6, 6.07) is -4.12. The number of nitrogens with zero attached hydrogens (tertiary/aromatic N) is 2. The van der Waals surface area contributed by atoms with E-state index in [1.165, 1.54) is 17.8 Å². The van der Waals surface area contributed by atoms with Crippen molar-refractivity contribution in [2.45, 2.75) is 18.0 Å². The van der Waals surface area contributed by atoms with Crippen molar-refractivity contribution >= 4 is 10.1 Å². The second-order valence-electron chi connectivity index (χ2n) is 3.27. The molecule has 118 valence electrons. The van der Waals surface area contributed by atoms with Crippen molar-refractivity contribution in [1.29, 1.82) is 0 Å². The molecular weight excluding hydrogens is 325 g/mol. The molecule has 13 heteroatoms. The molecule has 1 heterocycles. The van der Waals surface area contributed by atoms with Gasteiger partial charge in [0.2, 0.25) is 6.33 Å². The Morgan fingerprint density at radius 1 is 1.20 bits per heavy atom. The molecule has 0 bridgehead atoms. The third-order valence-corrected chi connectivity index (χ3v) is 2.23. The van der Waals surface area contributed by atoms with Crippen LogP contribution in [0.1, 0.15) is 0 Å². The van der Waals surface area contributed by atoms with Gasteiger partial charge in [0.1, 0.15) is 12.4 Å². The monoisotopic (exact) mass is 332 g/mol. The molecule has 0 unspecified atom stereocenters. The molecule has 0 aliphatic carbocycles. The van der Waals surface area contributed by atoms with Crippen molar-refractivity contribution in [3.8, 4) is 0 Å². The van der Waals surface area contributed by atoms with E-state index in [9.17, 15) is 30.7 Å². The van der Waals surface area contributed by atoms with Crippen LogP contribution < -0.4 is 4.57 Å². The first kappa shape index (κ1) is 18.6. The molecule has 0 spiro atoms. The Hall–Kier alpha value is -1.37. The van der Waals surface area contributed by atoms with Crippen LogP contribution in [0, 0.1) is 0 Å². The van der Waals surface area contributed by atoms with E-state index in [0.29, 0.717) is 0 Å². The molecule has 0 fully saturated rings. The van der Waals surface area contributed by atoms with Gasteiger partial charge in [-0.05, 0) is 0 Å². The zero-order chi connectivity index (χ0) is 16.4. The number of rotatable bonds is 2. The molecule has 0 atom stereocenters. The second-order valence-corrected chi connectivity index (χ2v) is 4.65. The molecule has 20 heavy (non-hydrogen) atoms. The first-order valence-electron chi connectivity index (χ1n) is 4.41. The van der Waals surface area contributed by atoms with Crippen LogP contribution in [0.3, 0.4) is 0 Å². The van der Waals surface area contributed by atoms with E-state index < -0.39 is 28.1 Å². The van der Waals surface area contributed by atoms with Gasteiger partial charge < -0.3 is 4.55 Å². The lowest BCUT2D eigenvalue weighted by Gasteiger charge is -2.09. The number of hydrogen-bond acceptors (Lipinski definition) is 3. The van der Waals surface area contributed by atoms with E-state index >= 15 is 0 Å². The number of hydrogen-bond donors (Lipinski definition) is 0. The standard InChI is InChI=1S/C6H7F4N2.CHF3O3S/c1-11-2-3-12(4-11)6(9,10)5(7)8;2-1(3,4)8(5,6)7/h2-5H,1H3;(H,5,6,7)/q+1;/p-1. The minimum atomic E-state index is -6.09. The molecule has 0 aliphatic heterocycles. The average molecular weight is 332 g/mol. The Morgan fingerprint density at radius 3 is 1.80 bits per heavy atom. The van der Waals surface area contributed by atoms with Gasteiger partial charge in [-0.2, -0.15) is 35.3 Å². The summed E-state index contributed by atoms with van der Waals surface area (Å²) in [4.78, 5) is 0. The Labute approximate surface area is 108 Å². The van der Waals surface area contributed by atoms with Gasteiger partial charge in [0.05, 0.1) is 7.05 Å². The zero-order valence-corrected chi connectivity index (χ0v) is 10.3. The van der Waals surface area contributed by atoms with Crippen LogP contribution in [0.15, 0.2) is 18.7 Å². The van der Waals surface area contributed by atoms with Crippen LogP contribution in [0.25, 0.3) is 0 Å². The predicted octanol–water partition coefficient (Wildman–Crippen LogP) is 1.18. The third-order valence-electron chi connectivity index (χ3n) is 1.66. The second kappa shape index (κ2) is 5.95. The molecule has 1 rings (SSSR count). The minimum Gasteiger partial charge on any atom is -0.741 e. The topological polar surface area (TPSA) is 66.0 Å². The zero-order valence-electron chi connectivity index (χ0n) is 9.48. The third kappa shape index (κ3) is 4.96. The largest absolute Gasteiger partial charge is 0.741 e. The number of alkyl halides is 7. The highest BCUT2D eigenvalue weighted by Gasteiger charge is 2.48. The number of aryl methyl sites for hydroxylation is 1. The first-order chi connectivity index (χ1) is 8.69. The molecular formula is C7H7F7N2O3S. The average Bonchev–Trinajstić information content (AvgIpc) is 2.62. The molecule has 1 aromatic heterocycles. The summed E-state index contributed by atoms with van der Waals surface area (Å²) in [5.41, 5.74) is -5.65. The van der Waals surface area contributed by atoms with Gasteiger partial charge >= 0.3 is 18.0 Å². The van der Waals surface area contributed by atoms with Crippen LogP contribution in [-0.2, 0) is 23.2 Å². The van der Waals surface area contributed by atoms with Crippen molar-refractivity contribution < 1.29 is 48.3 Å². The SMILES string of the molecule is C[n+]1ccn(C(F)(F)C(F)F)c1.O=S(=O)([O-])C(F)(F)F. The molecule has 0 N–H and O–H groups in total. The summed E-state index contributed by atoms with van der Waals surface area (Å²) in [5, 5.41) is 0. The van der Waals surface area contributed by atoms with Crippen molar-refractivity contribution in [1.82, 2.24) is 4.57 Å². The molecule has 0 radical (unpaired) electrons. The minimum absolute atomic E-state index is 0.178. The molecule has 0 amide bonds. The van der Waals surface area contributed by atoms with Crippen LogP contribution >= 0.6 is 0 Å². The van der Waals surface area contributed by atoms with Crippen molar-refractivity contribution in [3.63, 3.8) is 0 Å². The maximum atomic E-state index is 12.5. The summed E-state index contributed by atoms with van der Waals surface area (Å²) in [6.45, 7) is 0. The fourth-order valence-electron chi connectivity index (χ4n) is 0.739. The highest BCUT2D eigenvalue weighted by atomic mass is 32.2. The lowest BCUT2D eigenvalue weighted by Crippen LogP contribution is -2.33. The Morgan fingerprint density at radius 2 is 1.60 bits per heavy atom. The number of imidazole rings is 1. The van der Waals surface area contributed by atoms with E-state index in [1.54, 1.807) is 0 Å². The van der Waals surface area contributed by atoms with Crippen LogP contribution in [-0.4, -0.2) is 29.5 Å². The normalized spacial score (nSPS) is 13.1. The lowest BCUT2D eigenvalue weighted by molar-refractivity contribution is -0.671. The molecule has 5 nitrogen and oxygen atoms in total. The fraction of sp³-hybridized carbons (Fsp3) is 0.571. The smallest absolute Gasteiger partial charge is 0.485 e. The van der Waals surface area contributed by atoms with E-state index in [4.69, 9.17) is 13.0 Å². The summed E-state index contributed by atoms with van der Waals surface area (Å²) in [5.74, 6) is 0. The van der Waals surface area contributed by atoms with Crippen molar-refractivity contribution in [2.24, 2.45) is 7.05 Å². The predicted molar refractivity (Wildman–Crippen MR) is 47.6 cm³/mol. The molecule has 0 saturated carbocycles. The van der Waals surface area contributed by atoms with Crippen molar-refractivity contribution in [2.75, 3.05) is 0 Å². The van der Waals surface area contributed by atoms with Crippen molar-refractivity contribution in [3.05, 3.63) is 18.7 Å². The van der Waals surface area contributed by atoms with E-state index in [-0.39, 0.29) is 4.57 Å². The first-order valence-corrected chi connectivity index (χ1v) is 5.82. The summed E-state index contributed by atoms with van der Waals surface area (Å²) < 4.78 is 109. The molecule has 1 aromatic rings. The lowest BCUT2D eigenvalue weighted by atomic mass is 10.5.